The number of hydrogen-bond acceptors (Lipinski definition) is 1. The molecule has 1 rings (SSSR count). The van der Waals surface area contributed by atoms with Crippen molar-refractivity contribution in [2.24, 2.45) is 0 Å². The molecule has 0 radical (unpaired) electrons. The van der Waals surface area contributed by atoms with Gasteiger partial charge in [0.05, 0.1) is 5.69 Å². The summed E-state index contributed by atoms with van der Waals surface area (Å²) in [5.41, 5.74) is 2.39. The Morgan fingerprint density at radius 2 is 2.00 bits per heavy atom. The van der Waals surface area contributed by atoms with Crippen molar-refractivity contribution in [1.29, 1.82) is 0 Å². The number of rotatable bonds is 1. The number of nitrogens with one attached hydrogen (secondary N) is 1. The van der Waals surface area contributed by atoms with Crippen molar-refractivity contribution in [3.63, 3.8) is 0 Å². The Kier molecular flexibility index (Phi) is 3.43. The molecule has 0 aromatic carbocycles. The van der Waals surface area contributed by atoms with Gasteiger partial charge >= 0.3 is 0 Å². The van der Waals surface area contributed by atoms with Gasteiger partial charge < -0.3 is 4.98 Å². The van der Waals surface area contributed by atoms with E-state index in [9.17, 15) is 0 Å². The molecule has 1 aromatic rings. The quantitative estimate of drug-likeness (QED) is 0.669. The summed E-state index contributed by atoms with van der Waals surface area (Å²) in [5.74, 6) is 1.02. The largest absolute Gasteiger partial charge is 0.346 e. The van der Waals surface area contributed by atoms with Gasteiger partial charge in [-0.3, -0.25) is 0 Å². The Balaban J connectivity index is 0.000000810. The molecular formula is C7H13ClN2. The molecule has 0 fully saturated rings. The van der Waals surface area contributed by atoms with Gasteiger partial charge in [0.2, 0.25) is 0 Å². The molecule has 0 aliphatic carbocycles. The van der Waals surface area contributed by atoms with Crippen LogP contribution in [-0.2, 0) is 6.42 Å². The highest BCUT2D eigenvalue weighted by atomic mass is 35.5. The van der Waals surface area contributed by atoms with Crippen molar-refractivity contribution < 1.29 is 0 Å². The van der Waals surface area contributed by atoms with Gasteiger partial charge in [0.25, 0.3) is 0 Å². The normalized spacial score (nSPS) is 9.10. The number of imidazole rings is 1. The molecule has 10 heavy (non-hydrogen) atoms. The van der Waals surface area contributed by atoms with Crippen LogP contribution in [0.3, 0.4) is 0 Å². The summed E-state index contributed by atoms with van der Waals surface area (Å²) < 4.78 is 0. The van der Waals surface area contributed by atoms with Gasteiger partial charge in [-0.15, -0.1) is 12.4 Å². The van der Waals surface area contributed by atoms with E-state index < -0.39 is 0 Å². The summed E-state index contributed by atoms with van der Waals surface area (Å²) in [7, 11) is 0. The first-order chi connectivity index (χ1) is 4.24. The highest BCUT2D eigenvalue weighted by Crippen LogP contribution is 2.03. The van der Waals surface area contributed by atoms with Crippen LogP contribution < -0.4 is 0 Å². The van der Waals surface area contributed by atoms with Gasteiger partial charge in [0.15, 0.2) is 0 Å². The van der Waals surface area contributed by atoms with Crippen LogP contribution in [0, 0.1) is 13.8 Å². The second-order valence-electron chi connectivity index (χ2n) is 2.25. The van der Waals surface area contributed by atoms with E-state index in [4.69, 9.17) is 0 Å². The van der Waals surface area contributed by atoms with Crippen molar-refractivity contribution in [2.45, 2.75) is 27.2 Å². The van der Waals surface area contributed by atoms with E-state index in [0.29, 0.717) is 0 Å². The fourth-order valence-electron chi connectivity index (χ4n) is 1.00. The number of nitrogens with zero attached hydrogens (tertiary/aromatic N) is 1. The first kappa shape index (κ1) is 9.50. The van der Waals surface area contributed by atoms with Crippen LogP contribution in [0.25, 0.3) is 0 Å². The molecule has 0 unspecified atom stereocenters. The lowest BCUT2D eigenvalue weighted by molar-refractivity contribution is 1.03. The molecule has 0 saturated heterocycles. The van der Waals surface area contributed by atoms with Gasteiger partial charge in [-0.25, -0.2) is 4.98 Å². The minimum Gasteiger partial charge on any atom is -0.346 e. The first-order valence-corrected chi connectivity index (χ1v) is 3.26. The van der Waals surface area contributed by atoms with Gasteiger partial charge in [-0.1, -0.05) is 6.92 Å². The summed E-state index contributed by atoms with van der Waals surface area (Å²) in [6.45, 7) is 6.15. The number of aromatic amines is 1. The zero-order valence-corrected chi connectivity index (χ0v) is 7.38. The molecule has 2 nitrogen and oxygen atoms in total. The van der Waals surface area contributed by atoms with Crippen LogP contribution in [0.1, 0.15) is 24.1 Å². The predicted molar refractivity (Wildman–Crippen MR) is 44.7 cm³/mol. The summed E-state index contributed by atoms with van der Waals surface area (Å²) >= 11 is 0. The summed E-state index contributed by atoms with van der Waals surface area (Å²) in [5, 5.41) is 0. The van der Waals surface area contributed by atoms with Crippen molar-refractivity contribution >= 4 is 12.4 Å². The van der Waals surface area contributed by atoms with E-state index in [1.807, 2.05) is 6.92 Å². The lowest BCUT2D eigenvalue weighted by Crippen LogP contribution is -1.81. The predicted octanol–water partition coefficient (Wildman–Crippen LogP) is 2.01. The van der Waals surface area contributed by atoms with E-state index in [0.717, 1.165) is 12.2 Å². The molecule has 0 aliphatic heterocycles. The number of halogens is 1. The maximum absolute atomic E-state index is 4.27. The molecule has 58 valence electrons. The van der Waals surface area contributed by atoms with Crippen molar-refractivity contribution in [1.82, 2.24) is 9.97 Å². The van der Waals surface area contributed by atoms with Gasteiger partial charge in [-0.05, 0) is 20.3 Å². The first-order valence-electron chi connectivity index (χ1n) is 3.26. The summed E-state index contributed by atoms with van der Waals surface area (Å²) in [4.78, 5) is 7.42. The Bertz CT molecular complexity index is 205. The van der Waals surface area contributed by atoms with E-state index in [1.165, 1.54) is 11.4 Å². The zero-order chi connectivity index (χ0) is 6.85. The number of aromatic nitrogens is 2. The maximum atomic E-state index is 4.27. The third kappa shape index (κ3) is 1.74. The molecule has 0 saturated carbocycles. The Morgan fingerprint density at radius 1 is 1.40 bits per heavy atom. The van der Waals surface area contributed by atoms with E-state index in [1.54, 1.807) is 0 Å². The van der Waals surface area contributed by atoms with Gasteiger partial charge in [-0.2, -0.15) is 0 Å². The Labute approximate surface area is 67.5 Å². The monoisotopic (exact) mass is 160 g/mol. The summed E-state index contributed by atoms with van der Waals surface area (Å²) in [6, 6.07) is 0. The topological polar surface area (TPSA) is 28.7 Å². The van der Waals surface area contributed by atoms with E-state index in [2.05, 4.69) is 23.8 Å². The Hall–Kier alpha value is -0.500. The van der Waals surface area contributed by atoms with Gasteiger partial charge in [0, 0.05) is 5.69 Å². The van der Waals surface area contributed by atoms with Crippen LogP contribution >= 0.6 is 12.4 Å². The van der Waals surface area contributed by atoms with Crippen molar-refractivity contribution in [2.75, 3.05) is 0 Å². The standard InChI is InChI=1S/C7H12N2.ClH/c1-4-7-5(2)8-6(3)9-7;/h4H2,1-3H3,(H,8,9);1H. The molecular weight excluding hydrogens is 148 g/mol. The third-order valence-electron chi connectivity index (χ3n) is 1.44. The molecule has 3 heteroatoms. The molecule has 0 bridgehead atoms. The molecule has 0 atom stereocenters. The average molecular weight is 161 g/mol. The van der Waals surface area contributed by atoms with Crippen LogP contribution in [0.4, 0.5) is 0 Å². The molecule has 0 spiro atoms. The number of hydrogen-bond donors (Lipinski definition) is 1. The summed E-state index contributed by atoms with van der Waals surface area (Å²) in [6.07, 6.45) is 1.02. The second-order valence-corrected chi connectivity index (χ2v) is 2.25. The highest BCUT2D eigenvalue weighted by Gasteiger charge is 1.98. The lowest BCUT2D eigenvalue weighted by atomic mass is 10.3. The lowest BCUT2D eigenvalue weighted by Gasteiger charge is -1.86. The van der Waals surface area contributed by atoms with Crippen LogP contribution in [0.5, 0.6) is 0 Å². The fraction of sp³-hybridized carbons (Fsp3) is 0.571. The van der Waals surface area contributed by atoms with Crippen LogP contribution in [0.2, 0.25) is 0 Å². The minimum absolute atomic E-state index is 0. The fourth-order valence-corrected chi connectivity index (χ4v) is 1.00. The molecule has 0 aliphatic rings. The Morgan fingerprint density at radius 3 is 2.20 bits per heavy atom. The zero-order valence-electron chi connectivity index (χ0n) is 6.56. The van der Waals surface area contributed by atoms with Gasteiger partial charge in [0.1, 0.15) is 5.82 Å². The number of H-pyrrole nitrogens is 1. The van der Waals surface area contributed by atoms with E-state index in [-0.39, 0.29) is 12.4 Å². The van der Waals surface area contributed by atoms with Crippen molar-refractivity contribution in [3.05, 3.63) is 17.2 Å². The minimum atomic E-state index is 0. The van der Waals surface area contributed by atoms with E-state index >= 15 is 0 Å². The molecule has 1 heterocycles. The second kappa shape index (κ2) is 3.62. The molecule has 1 aromatic heterocycles. The molecule has 1 N–H and O–H groups in total. The highest BCUT2D eigenvalue weighted by molar-refractivity contribution is 5.85. The van der Waals surface area contributed by atoms with Crippen molar-refractivity contribution in [3.8, 4) is 0 Å². The van der Waals surface area contributed by atoms with Crippen LogP contribution in [0.15, 0.2) is 0 Å². The molecule has 0 amide bonds. The third-order valence-corrected chi connectivity index (χ3v) is 1.44. The number of aryl methyl sites for hydroxylation is 3. The van der Waals surface area contributed by atoms with Crippen LogP contribution in [-0.4, -0.2) is 9.97 Å². The average Bonchev–Trinajstić information content (AvgIpc) is 2.10. The maximum Gasteiger partial charge on any atom is 0.103 e. The smallest absolute Gasteiger partial charge is 0.103 e. The SMILES string of the molecule is CCc1nc(C)[nH]c1C.Cl.